The van der Waals surface area contributed by atoms with Gasteiger partial charge in [-0.3, -0.25) is 4.79 Å². The van der Waals surface area contributed by atoms with E-state index in [4.69, 9.17) is 0 Å². The van der Waals surface area contributed by atoms with Crippen LogP contribution in [0.3, 0.4) is 0 Å². The van der Waals surface area contributed by atoms with Crippen LogP contribution in [0.15, 0.2) is 53.5 Å². The molecule has 0 bridgehead atoms. The Labute approximate surface area is 153 Å². The molecule has 2 N–H and O–H groups in total. The van der Waals surface area contributed by atoms with Gasteiger partial charge < -0.3 is 10.3 Å². The Kier molecular flexibility index (Phi) is 4.63. The Morgan fingerprint density at radius 1 is 1.12 bits per heavy atom. The first-order chi connectivity index (χ1) is 12.3. The molecule has 0 unspecified atom stereocenters. The van der Waals surface area contributed by atoms with Gasteiger partial charge in [0.2, 0.25) is 0 Å². The number of carbonyl (C=O) groups is 1. The Morgan fingerprint density at radius 2 is 2.08 bits per heavy atom. The van der Waals surface area contributed by atoms with Crippen LogP contribution in [0.1, 0.15) is 25.7 Å². The van der Waals surface area contributed by atoms with E-state index in [-0.39, 0.29) is 5.91 Å². The third kappa shape index (κ3) is 3.50. The van der Waals surface area contributed by atoms with Crippen LogP contribution in [0.2, 0.25) is 0 Å². The van der Waals surface area contributed by atoms with Gasteiger partial charge in [0, 0.05) is 29.2 Å². The fourth-order valence-corrected chi connectivity index (χ4v) is 4.43. The van der Waals surface area contributed by atoms with Crippen LogP contribution >= 0.6 is 22.7 Å². The fraction of sp³-hybridized carbons (Fsp3) is 0.158. The van der Waals surface area contributed by atoms with Crippen LogP contribution in [-0.2, 0) is 12.8 Å². The van der Waals surface area contributed by atoms with Gasteiger partial charge in [-0.15, -0.1) is 22.7 Å². The van der Waals surface area contributed by atoms with Crippen molar-refractivity contribution in [1.82, 2.24) is 15.3 Å². The van der Waals surface area contributed by atoms with Crippen molar-refractivity contribution in [2.45, 2.75) is 12.8 Å². The summed E-state index contributed by atoms with van der Waals surface area (Å²) in [5.74, 6) is 0.0147. The SMILES string of the molecule is O=C(NCCc1cccs1)c1sccc1Cc1ccnc2[nH]ccc12. The number of H-pyrrole nitrogens is 1. The van der Waals surface area contributed by atoms with Crippen LogP contribution in [0.5, 0.6) is 0 Å². The summed E-state index contributed by atoms with van der Waals surface area (Å²) in [5, 5.41) is 8.20. The van der Waals surface area contributed by atoms with Crippen LogP contribution < -0.4 is 5.32 Å². The van der Waals surface area contributed by atoms with Crippen molar-refractivity contribution in [2.24, 2.45) is 0 Å². The summed E-state index contributed by atoms with van der Waals surface area (Å²) in [6, 6.07) is 10.2. The predicted octanol–water partition coefficient (Wildman–Crippen LogP) is 4.25. The highest BCUT2D eigenvalue weighted by Gasteiger charge is 2.14. The molecule has 0 radical (unpaired) electrons. The maximum absolute atomic E-state index is 12.5. The second kappa shape index (κ2) is 7.21. The zero-order chi connectivity index (χ0) is 17.1. The minimum Gasteiger partial charge on any atom is -0.351 e. The quantitative estimate of drug-likeness (QED) is 0.535. The molecule has 1 amide bonds. The number of hydrogen-bond donors (Lipinski definition) is 2. The summed E-state index contributed by atoms with van der Waals surface area (Å²) in [6.45, 7) is 0.661. The number of aromatic nitrogens is 2. The average molecular weight is 367 g/mol. The first kappa shape index (κ1) is 16.1. The number of thiophene rings is 2. The molecule has 0 fully saturated rings. The van der Waals surface area contributed by atoms with Gasteiger partial charge in [-0.2, -0.15) is 0 Å². The van der Waals surface area contributed by atoms with Crippen LogP contribution in [-0.4, -0.2) is 22.4 Å². The van der Waals surface area contributed by atoms with Gasteiger partial charge in [0.1, 0.15) is 5.65 Å². The minimum atomic E-state index is 0.0147. The molecule has 25 heavy (non-hydrogen) atoms. The van der Waals surface area contributed by atoms with Crippen molar-refractivity contribution in [1.29, 1.82) is 0 Å². The van der Waals surface area contributed by atoms with E-state index < -0.39 is 0 Å². The Balaban J connectivity index is 1.46. The average Bonchev–Trinajstić information content (AvgIpc) is 3.36. The molecular formula is C19H17N3OS2. The number of carbonyl (C=O) groups excluding carboxylic acids is 1. The zero-order valence-electron chi connectivity index (χ0n) is 13.5. The third-order valence-corrected chi connectivity index (χ3v) is 6.01. The van der Waals surface area contributed by atoms with Crippen molar-refractivity contribution in [3.05, 3.63) is 74.4 Å². The molecule has 4 rings (SSSR count). The topological polar surface area (TPSA) is 57.8 Å². The second-order valence-corrected chi connectivity index (χ2v) is 7.70. The Bertz CT molecular complexity index is 985. The molecular weight excluding hydrogens is 350 g/mol. The lowest BCUT2D eigenvalue weighted by Crippen LogP contribution is -2.25. The highest BCUT2D eigenvalue weighted by molar-refractivity contribution is 7.12. The van der Waals surface area contributed by atoms with Gasteiger partial charge >= 0.3 is 0 Å². The largest absolute Gasteiger partial charge is 0.351 e. The van der Waals surface area contributed by atoms with Crippen molar-refractivity contribution in [3.63, 3.8) is 0 Å². The normalized spacial score (nSPS) is 11.0. The summed E-state index contributed by atoms with van der Waals surface area (Å²) in [7, 11) is 0. The van der Waals surface area contributed by atoms with E-state index in [2.05, 4.69) is 26.7 Å². The van der Waals surface area contributed by atoms with E-state index in [1.54, 1.807) is 17.5 Å². The molecule has 0 saturated heterocycles. The van der Waals surface area contributed by atoms with Gasteiger partial charge in [-0.25, -0.2) is 4.98 Å². The Hall–Kier alpha value is -2.44. The van der Waals surface area contributed by atoms with Gasteiger partial charge in [-0.05, 0) is 59.0 Å². The monoisotopic (exact) mass is 367 g/mol. The second-order valence-electron chi connectivity index (χ2n) is 5.75. The standard InChI is InChI=1S/C19H17N3OS2/c23-19(22-8-4-15-2-1-10-24-15)17-14(6-11-25-17)12-13-3-7-20-18-16(13)5-9-21-18/h1-3,5-7,9-11H,4,8,12H2,(H,20,21)(H,22,23). The van der Waals surface area contributed by atoms with E-state index >= 15 is 0 Å². The summed E-state index contributed by atoms with van der Waals surface area (Å²) in [6.07, 6.45) is 5.31. The molecule has 4 aromatic heterocycles. The maximum Gasteiger partial charge on any atom is 0.261 e. The van der Waals surface area contributed by atoms with Gasteiger partial charge in [-0.1, -0.05) is 6.07 Å². The molecule has 0 atom stereocenters. The summed E-state index contributed by atoms with van der Waals surface area (Å²) >= 11 is 3.22. The molecule has 4 heterocycles. The van der Waals surface area contributed by atoms with E-state index in [0.29, 0.717) is 6.54 Å². The molecule has 126 valence electrons. The molecule has 4 aromatic rings. The number of aromatic amines is 1. The van der Waals surface area contributed by atoms with Gasteiger partial charge in [0.25, 0.3) is 5.91 Å². The number of fused-ring (bicyclic) bond motifs is 1. The van der Waals surface area contributed by atoms with Crippen LogP contribution in [0.25, 0.3) is 11.0 Å². The lowest BCUT2D eigenvalue weighted by atomic mass is 10.0. The first-order valence-electron chi connectivity index (χ1n) is 8.09. The Morgan fingerprint density at radius 3 is 2.96 bits per heavy atom. The molecule has 0 saturated carbocycles. The molecule has 0 aliphatic carbocycles. The summed E-state index contributed by atoms with van der Waals surface area (Å²) in [5.41, 5.74) is 3.12. The maximum atomic E-state index is 12.5. The van der Waals surface area contributed by atoms with E-state index in [9.17, 15) is 4.79 Å². The van der Waals surface area contributed by atoms with E-state index in [1.807, 2.05) is 35.8 Å². The smallest absolute Gasteiger partial charge is 0.261 e. The summed E-state index contributed by atoms with van der Waals surface area (Å²) < 4.78 is 0. The molecule has 0 aliphatic rings. The van der Waals surface area contributed by atoms with Crippen molar-refractivity contribution < 1.29 is 4.79 Å². The summed E-state index contributed by atoms with van der Waals surface area (Å²) in [4.78, 5) is 22.1. The van der Waals surface area contributed by atoms with Gasteiger partial charge in [0.15, 0.2) is 0 Å². The van der Waals surface area contributed by atoms with Crippen molar-refractivity contribution in [3.8, 4) is 0 Å². The number of nitrogens with zero attached hydrogens (tertiary/aromatic N) is 1. The molecule has 0 aliphatic heterocycles. The number of hydrogen-bond acceptors (Lipinski definition) is 4. The minimum absolute atomic E-state index is 0.0147. The van der Waals surface area contributed by atoms with E-state index in [0.717, 1.165) is 34.3 Å². The number of rotatable bonds is 6. The molecule has 6 heteroatoms. The lowest BCUT2D eigenvalue weighted by Gasteiger charge is -2.07. The molecule has 0 aromatic carbocycles. The van der Waals surface area contributed by atoms with E-state index in [1.165, 1.54) is 21.8 Å². The van der Waals surface area contributed by atoms with Crippen molar-refractivity contribution in [2.75, 3.05) is 6.54 Å². The highest BCUT2D eigenvalue weighted by Crippen LogP contribution is 2.24. The van der Waals surface area contributed by atoms with Crippen LogP contribution in [0, 0.1) is 0 Å². The molecule has 4 nitrogen and oxygen atoms in total. The highest BCUT2D eigenvalue weighted by atomic mass is 32.1. The number of nitrogens with one attached hydrogen (secondary N) is 2. The fourth-order valence-electron chi connectivity index (χ4n) is 2.89. The van der Waals surface area contributed by atoms with Crippen LogP contribution in [0.4, 0.5) is 0 Å². The zero-order valence-corrected chi connectivity index (χ0v) is 15.1. The number of amides is 1. The van der Waals surface area contributed by atoms with Gasteiger partial charge in [0.05, 0.1) is 4.88 Å². The first-order valence-corrected chi connectivity index (χ1v) is 9.85. The number of pyridine rings is 1. The third-order valence-electron chi connectivity index (χ3n) is 4.12. The van der Waals surface area contributed by atoms with Crippen molar-refractivity contribution >= 4 is 39.6 Å². The predicted molar refractivity (Wildman–Crippen MR) is 104 cm³/mol. The lowest BCUT2D eigenvalue weighted by molar-refractivity contribution is 0.0957. The molecule has 0 spiro atoms.